The molecule has 3 N–H and O–H groups in total. The van der Waals surface area contributed by atoms with E-state index < -0.39 is 18.2 Å². The molecule has 1 fully saturated rings. The van der Waals surface area contributed by atoms with Crippen LogP contribution in [0.2, 0.25) is 0 Å². The predicted molar refractivity (Wildman–Crippen MR) is 141 cm³/mol. The summed E-state index contributed by atoms with van der Waals surface area (Å²) in [6, 6.07) is 12.3. The van der Waals surface area contributed by atoms with Crippen molar-refractivity contribution < 1.29 is 27.5 Å². The summed E-state index contributed by atoms with van der Waals surface area (Å²) in [4.78, 5) is 29.6. The van der Waals surface area contributed by atoms with E-state index in [-0.39, 0.29) is 44.8 Å². The first-order chi connectivity index (χ1) is 18.0. The Bertz CT molecular complexity index is 1520. The molecule has 5 rings (SSSR count). The summed E-state index contributed by atoms with van der Waals surface area (Å²) in [5.74, 6) is -0.218. The van der Waals surface area contributed by atoms with E-state index >= 15 is 0 Å². The van der Waals surface area contributed by atoms with Gasteiger partial charge >= 0.3 is 0 Å². The lowest BCUT2D eigenvalue weighted by Gasteiger charge is -2.19. The summed E-state index contributed by atoms with van der Waals surface area (Å²) in [6.45, 7) is 6.51. The minimum absolute atomic E-state index is 0.00610. The molecule has 0 unspecified atom stereocenters. The number of alkyl halides is 2. The number of rotatable bonds is 8. The third-order valence-electron chi connectivity index (χ3n) is 6.40. The molecule has 0 spiro atoms. The number of nitrogens with two attached hydrogens (primary N) is 1. The minimum Gasteiger partial charge on any atom is -0.486 e. The van der Waals surface area contributed by atoms with Gasteiger partial charge in [-0.25, -0.2) is 13.8 Å². The summed E-state index contributed by atoms with van der Waals surface area (Å²) in [5, 5.41) is 3.19. The topological polar surface area (TPSA) is 107 Å². The van der Waals surface area contributed by atoms with Crippen LogP contribution < -0.4 is 15.8 Å². The van der Waals surface area contributed by atoms with E-state index in [1.165, 1.54) is 17.7 Å². The van der Waals surface area contributed by atoms with Gasteiger partial charge < -0.3 is 20.2 Å². The zero-order valence-electron chi connectivity index (χ0n) is 21.1. The van der Waals surface area contributed by atoms with Crippen molar-refractivity contribution in [1.82, 2.24) is 4.98 Å². The van der Waals surface area contributed by atoms with Gasteiger partial charge in [0.25, 0.3) is 18.2 Å². The average molecular weight is 540 g/mol. The van der Waals surface area contributed by atoms with Gasteiger partial charge in [0.2, 0.25) is 0 Å². The maximum Gasteiger partial charge on any atom is 0.291 e. The van der Waals surface area contributed by atoms with Crippen molar-refractivity contribution in [3.8, 4) is 5.75 Å². The summed E-state index contributed by atoms with van der Waals surface area (Å²) >= 11 is 0.889. The molecule has 1 aliphatic carbocycles. The van der Waals surface area contributed by atoms with Gasteiger partial charge in [0, 0.05) is 5.39 Å². The third kappa shape index (κ3) is 5.26. The van der Waals surface area contributed by atoms with Gasteiger partial charge in [0.1, 0.15) is 33.5 Å². The predicted octanol–water partition coefficient (Wildman–Crippen LogP) is 6.93. The van der Waals surface area contributed by atoms with Crippen molar-refractivity contribution in [2.45, 2.75) is 58.0 Å². The van der Waals surface area contributed by atoms with Crippen molar-refractivity contribution in [3.05, 3.63) is 75.7 Å². The first kappa shape index (κ1) is 25.8. The molecule has 4 aromatic rings. The normalized spacial score (nSPS) is 13.7. The number of amides is 2. The fourth-order valence-corrected chi connectivity index (χ4v) is 5.25. The van der Waals surface area contributed by atoms with E-state index in [0.717, 1.165) is 24.2 Å². The Labute approximate surface area is 222 Å². The molecule has 198 valence electrons. The average Bonchev–Trinajstić information content (AvgIpc) is 3.49. The highest BCUT2D eigenvalue weighted by molar-refractivity contribution is 7.21. The molecule has 3 aromatic heterocycles. The van der Waals surface area contributed by atoms with E-state index in [9.17, 15) is 18.4 Å². The van der Waals surface area contributed by atoms with Crippen LogP contribution in [0.5, 0.6) is 5.75 Å². The number of hydrogen-bond donors (Lipinski definition) is 2. The Morgan fingerprint density at radius 1 is 1.18 bits per heavy atom. The SMILES string of the molecule is CC(C)(C)c1ccc(OCc2ccc(C(=O)Nc3c(C(N)=O)sc4nc(C(F)F)cc(C5CC5)c34)o2)cc1. The van der Waals surface area contributed by atoms with E-state index in [4.69, 9.17) is 14.9 Å². The Morgan fingerprint density at radius 3 is 2.50 bits per heavy atom. The number of carbonyl (C=O) groups excluding carboxylic acids is 2. The molecule has 0 radical (unpaired) electrons. The molecule has 10 heteroatoms. The summed E-state index contributed by atoms with van der Waals surface area (Å²) in [7, 11) is 0. The molecule has 1 aromatic carbocycles. The molecule has 1 saturated carbocycles. The molecule has 0 atom stereocenters. The van der Waals surface area contributed by atoms with Crippen LogP contribution in [-0.2, 0) is 12.0 Å². The zero-order valence-corrected chi connectivity index (χ0v) is 22.0. The van der Waals surface area contributed by atoms with Crippen LogP contribution in [0, 0.1) is 0 Å². The van der Waals surface area contributed by atoms with E-state index in [1.54, 1.807) is 6.07 Å². The number of carbonyl (C=O) groups is 2. The molecule has 0 saturated heterocycles. The highest BCUT2D eigenvalue weighted by Gasteiger charge is 2.32. The lowest BCUT2D eigenvalue weighted by Crippen LogP contribution is -2.16. The number of anilines is 1. The Balaban J connectivity index is 1.36. The van der Waals surface area contributed by atoms with Gasteiger partial charge in [0.05, 0.1) is 5.69 Å². The second kappa shape index (κ2) is 9.83. The summed E-state index contributed by atoms with van der Waals surface area (Å²) < 4.78 is 38.4. The number of benzene rings is 1. The van der Waals surface area contributed by atoms with Crippen LogP contribution >= 0.6 is 11.3 Å². The number of fused-ring (bicyclic) bond motifs is 1. The molecule has 0 aliphatic heterocycles. The van der Waals surface area contributed by atoms with E-state index in [1.807, 2.05) is 24.3 Å². The number of thiophene rings is 1. The number of furan rings is 1. The maximum atomic E-state index is 13.5. The monoisotopic (exact) mass is 539 g/mol. The second-order valence-corrected chi connectivity index (χ2v) is 11.3. The summed E-state index contributed by atoms with van der Waals surface area (Å²) in [6.07, 6.45) is -1.09. The number of ether oxygens (including phenoxy) is 1. The molecule has 0 bridgehead atoms. The molecule has 7 nitrogen and oxygen atoms in total. The maximum absolute atomic E-state index is 13.5. The summed E-state index contributed by atoms with van der Waals surface area (Å²) in [5.41, 5.74) is 7.23. The molecular weight excluding hydrogens is 512 g/mol. The van der Waals surface area contributed by atoms with Gasteiger partial charge in [-0.1, -0.05) is 32.9 Å². The third-order valence-corrected chi connectivity index (χ3v) is 7.50. The van der Waals surface area contributed by atoms with Gasteiger partial charge in [-0.15, -0.1) is 11.3 Å². The largest absolute Gasteiger partial charge is 0.486 e. The first-order valence-electron chi connectivity index (χ1n) is 12.2. The van der Waals surface area contributed by atoms with Crippen LogP contribution in [0.1, 0.15) is 88.8 Å². The molecular formula is C28H27F2N3O4S. The standard InChI is InChI=1S/C28H27F2N3O4S/c1-28(2,3)15-6-8-16(9-7-15)36-13-17-10-11-20(37-17)26(35)33-22-21-18(14-4-5-14)12-19(24(29)30)32-27(21)38-23(22)25(31)34/h6-12,14,24H,4-5,13H2,1-3H3,(H2,31,34)(H,33,35). The number of primary amides is 1. The van der Waals surface area contributed by atoms with E-state index in [0.29, 0.717) is 22.5 Å². The highest BCUT2D eigenvalue weighted by Crippen LogP contribution is 2.48. The van der Waals surface area contributed by atoms with Gasteiger partial charge in [-0.2, -0.15) is 0 Å². The number of pyridine rings is 1. The second-order valence-electron chi connectivity index (χ2n) is 10.3. The lowest BCUT2D eigenvalue weighted by atomic mass is 9.87. The number of aromatic nitrogens is 1. The fourth-order valence-electron chi connectivity index (χ4n) is 4.23. The fraction of sp³-hybridized carbons (Fsp3) is 0.321. The van der Waals surface area contributed by atoms with Gasteiger partial charge in [-0.05, 0) is 65.6 Å². The molecule has 1 aliphatic rings. The van der Waals surface area contributed by atoms with Crippen molar-refractivity contribution in [3.63, 3.8) is 0 Å². The number of nitrogens with zero attached hydrogens (tertiary/aromatic N) is 1. The molecule has 3 heterocycles. The molecule has 38 heavy (non-hydrogen) atoms. The van der Waals surface area contributed by atoms with Crippen LogP contribution in [0.4, 0.5) is 14.5 Å². The van der Waals surface area contributed by atoms with Crippen molar-refractivity contribution in [1.29, 1.82) is 0 Å². The Hall–Kier alpha value is -3.79. The van der Waals surface area contributed by atoms with Crippen LogP contribution in [-0.4, -0.2) is 16.8 Å². The highest BCUT2D eigenvalue weighted by atomic mass is 32.1. The van der Waals surface area contributed by atoms with Crippen LogP contribution in [0.3, 0.4) is 0 Å². The van der Waals surface area contributed by atoms with Crippen molar-refractivity contribution in [2.24, 2.45) is 5.73 Å². The quantitative estimate of drug-likeness (QED) is 0.252. The molecule has 2 amide bonds. The van der Waals surface area contributed by atoms with Gasteiger partial charge in [-0.3, -0.25) is 9.59 Å². The number of halogens is 2. The first-order valence-corrected chi connectivity index (χ1v) is 13.0. The van der Waals surface area contributed by atoms with Crippen LogP contribution in [0.15, 0.2) is 46.9 Å². The van der Waals surface area contributed by atoms with Gasteiger partial charge in [0.15, 0.2) is 5.76 Å². The number of hydrogen-bond acceptors (Lipinski definition) is 6. The lowest BCUT2D eigenvalue weighted by molar-refractivity contribution is 0.0992. The zero-order chi connectivity index (χ0) is 27.2. The minimum atomic E-state index is -2.76. The number of nitrogens with one attached hydrogen (secondary N) is 1. The Morgan fingerprint density at radius 2 is 1.89 bits per heavy atom. The Kier molecular flexibility index (Phi) is 6.68. The van der Waals surface area contributed by atoms with Crippen LogP contribution in [0.25, 0.3) is 10.2 Å². The van der Waals surface area contributed by atoms with E-state index in [2.05, 4.69) is 31.1 Å². The smallest absolute Gasteiger partial charge is 0.291 e. The van der Waals surface area contributed by atoms with Crippen molar-refractivity contribution >= 4 is 39.1 Å². The van der Waals surface area contributed by atoms with Crippen molar-refractivity contribution in [2.75, 3.05) is 5.32 Å².